The van der Waals surface area contributed by atoms with E-state index in [4.69, 9.17) is 0 Å². The predicted molar refractivity (Wildman–Crippen MR) is 65.3 cm³/mol. The molecule has 0 bridgehead atoms. The van der Waals surface area contributed by atoms with Crippen LogP contribution >= 0.6 is 0 Å². The summed E-state index contributed by atoms with van der Waals surface area (Å²) in [6.45, 7) is 0.438. The van der Waals surface area contributed by atoms with Crippen LogP contribution in [0.2, 0.25) is 0 Å². The molecule has 0 aromatic carbocycles. The minimum absolute atomic E-state index is 0.0285. The van der Waals surface area contributed by atoms with E-state index in [0.717, 1.165) is 25.7 Å². The molecule has 0 spiro atoms. The summed E-state index contributed by atoms with van der Waals surface area (Å²) in [4.78, 5) is 23.2. The number of carbonyl (C=O) groups is 2. The summed E-state index contributed by atoms with van der Waals surface area (Å²) in [5.74, 6) is -0.118. The highest BCUT2D eigenvalue weighted by molar-refractivity contribution is 5.85. The quantitative estimate of drug-likeness (QED) is 0.778. The fourth-order valence-corrected chi connectivity index (χ4v) is 2.76. The maximum absolute atomic E-state index is 12.1. The van der Waals surface area contributed by atoms with Crippen LogP contribution < -0.4 is 10.6 Å². The van der Waals surface area contributed by atoms with Crippen LogP contribution in [0.5, 0.6) is 0 Å². The lowest BCUT2D eigenvalue weighted by molar-refractivity contribution is -0.129. The third kappa shape index (κ3) is 2.63. The highest BCUT2D eigenvalue weighted by atomic mass is 16.2. The molecule has 1 heterocycles. The first-order valence-electron chi connectivity index (χ1n) is 6.65. The van der Waals surface area contributed by atoms with Crippen LogP contribution in [0, 0.1) is 16.7 Å². The third-order valence-corrected chi connectivity index (χ3v) is 3.95. The van der Waals surface area contributed by atoms with Gasteiger partial charge in [-0.2, -0.15) is 5.26 Å². The van der Waals surface area contributed by atoms with Crippen molar-refractivity contribution < 1.29 is 9.59 Å². The van der Waals surface area contributed by atoms with Crippen LogP contribution in [-0.4, -0.2) is 24.4 Å². The van der Waals surface area contributed by atoms with Crippen molar-refractivity contribution in [3.63, 3.8) is 0 Å². The Labute approximate surface area is 107 Å². The van der Waals surface area contributed by atoms with Gasteiger partial charge in [-0.1, -0.05) is 19.3 Å². The molecule has 1 aliphatic heterocycles. The molecule has 5 nitrogen and oxygen atoms in total. The molecule has 2 aliphatic rings. The van der Waals surface area contributed by atoms with Crippen molar-refractivity contribution in [3.05, 3.63) is 0 Å². The van der Waals surface area contributed by atoms with Gasteiger partial charge in [0.05, 0.1) is 6.07 Å². The standard InChI is InChI=1S/C13H19N3O2/c14-9-13(6-2-1-3-7-13)12(18)15-8-10-4-5-11(17)16-10/h10H,1-8H2,(H,15,18)(H,16,17). The van der Waals surface area contributed by atoms with Gasteiger partial charge in [0.15, 0.2) is 0 Å². The van der Waals surface area contributed by atoms with E-state index in [1.807, 2.05) is 0 Å². The molecule has 2 fully saturated rings. The van der Waals surface area contributed by atoms with E-state index >= 15 is 0 Å². The van der Waals surface area contributed by atoms with Crippen molar-refractivity contribution in [2.75, 3.05) is 6.54 Å². The topological polar surface area (TPSA) is 82.0 Å². The van der Waals surface area contributed by atoms with Crippen LogP contribution in [0.4, 0.5) is 0 Å². The molecule has 5 heteroatoms. The number of nitrogens with one attached hydrogen (secondary N) is 2. The number of rotatable bonds is 3. The van der Waals surface area contributed by atoms with Crippen molar-refractivity contribution in [2.24, 2.45) is 5.41 Å². The number of nitriles is 1. The Bertz CT molecular complexity index is 380. The molecule has 2 amide bonds. The summed E-state index contributed by atoms with van der Waals surface area (Å²) in [7, 11) is 0. The van der Waals surface area contributed by atoms with Crippen molar-refractivity contribution in [1.29, 1.82) is 5.26 Å². The smallest absolute Gasteiger partial charge is 0.240 e. The van der Waals surface area contributed by atoms with E-state index in [1.54, 1.807) is 0 Å². The fourth-order valence-electron chi connectivity index (χ4n) is 2.76. The molecule has 1 saturated carbocycles. The molecule has 1 aliphatic carbocycles. The Morgan fingerprint density at radius 2 is 2.17 bits per heavy atom. The molecule has 1 atom stereocenters. The van der Waals surface area contributed by atoms with Gasteiger partial charge in [-0.3, -0.25) is 9.59 Å². The zero-order chi connectivity index (χ0) is 13.0. The normalized spacial score (nSPS) is 26.2. The molecule has 0 radical (unpaired) electrons. The molecule has 1 unspecified atom stereocenters. The summed E-state index contributed by atoms with van der Waals surface area (Å²) in [5.41, 5.74) is -0.832. The lowest BCUT2D eigenvalue weighted by Crippen LogP contribution is -2.46. The molecule has 2 N–H and O–H groups in total. The predicted octanol–water partition coefficient (Wildman–Crippen LogP) is 0.855. The van der Waals surface area contributed by atoms with E-state index in [0.29, 0.717) is 25.8 Å². The van der Waals surface area contributed by atoms with Gasteiger partial charge in [0.1, 0.15) is 5.41 Å². The van der Waals surface area contributed by atoms with Gasteiger partial charge in [0.25, 0.3) is 0 Å². The first kappa shape index (κ1) is 12.9. The van der Waals surface area contributed by atoms with Crippen molar-refractivity contribution in [2.45, 2.75) is 51.0 Å². The van der Waals surface area contributed by atoms with Crippen LogP contribution in [-0.2, 0) is 9.59 Å². The second kappa shape index (κ2) is 5.38. The maximum atomic E-state index is 12.1. The average Bonchev–Trinajstić information content (AvgIpc) is 2.82. The van der Waals surface area contributed by atoms with Crippen LogP contribution in [0.25, 0.3) is 0 Å². The number of amides is 2. The Kier molecular flexibility index (Phi) is 3.85. The molecule has 0 aromatic rings. The Balaban J connectivity index is 1.86. The summed E-state index contributed by atoms with van der Waals surface area (Å²) in [5, 5.41) is 14.9. The van der Waals surface area contributed by atoms with Crippen molar-refractivity contribution >= 4 is 11.8 Å². The largest absolute Gasteiger partial charge is 0.353 e. The van der Waals surface area contributed by atoms with E-state index in [9.17, 15) is 14.9 Å². The number of nitrogens with zero attached hydrogens (tertiary/aromatic N) is 1. The van der Waals surface area contributed by atoms with Gasteiger partial charge in [-0.15, -0.1) is 0 Å². The van der Waals surface area contributed by atoms with Gasteiger partial charge < -0.3 is 10.6 Å². The molecule has 1 saturated heterocycles. The van der Waals surface area contributed by atoms with E-state index in [2.05, 4.69) is 16.7 Å². The van der Waals surface area contributed by atoms with Crippen molar-refractivity contribution in [3.8, 4) is 6.07 Å². The maximum Gasteiger partial charge on any atom is 0.240 e. The summed E-state index contributed by atoms with van der Waals surface area (Å²) >= 11 is 0. The second-order valence-electron chi connectivity index (χ2n) is 5.27. The monoisotopic (exact) mass is 249 g/mol. The Hall–Kier alpha value is -1.57. The molecule has 0 aromatic heterocycles. The Morgan fingerprint density at radius 1 is 1.44 bits per heavy atom. The molecule has 98 valence electrons. The highest BCUT2D eigenvalue weighted by Gasteiger charge is 2.39. The van der Waals surface area contributed by atoms with Gasteiger partial charge in [-0.25, -0.2) is 0 Å². The fraction of sp³-hybridized carbons (Fsp3) is 0.769. The molecular weight excluding hydrogens is 230 g/mol. The second-order valence-corrected chi connectivity index (χ2v) is 5.27. The van der Waals surface area contributed by atoms with Gasteiger partial charge >= 0.3 is 0 Å². The van der Waals surface area contributed by atoms with Crippen LogP contribution in [0.3, 0.4) is 0 Å². The summed E-state index contributed by atoms with van der Waals surface area (Å²) < 4.78 is 0. The van der Waals surface area contributed by atoms with E-state index < -0.39 is 5.41 Å². The molecular formula is C13H19N3O2. The van der Waals surface area contributed by atoms with Gasteiger partial charge in [-0.05, 0) is 19.3 Å². The zero-order valence-corrected chi connectivity index (χ0v) is 10.5. The van der Waals surface area contributed by atoms with Crippen LogP contribution in [0.15, 0.2) is 0 Å². The molecule has 18 heavy (non-hydrogen) atoms. The number of hydrogen-bond donors (Lipinski definition) is 2. The highest BCUT2D eigenvalue weighted by Crippen LogP contribution is 2.35. The number of carbonyl (C=O) groups excluding carboxylic acids is 2. The lowest BCUT2D eigenvalue weighted by atomic mass is 9.74. The van der Waals surface area contributed by atoms with E-state index in [-0.39, 0.29) is 17.9 Å². The first-order chi connectivity index (χ1) is 8.66. The minimum Gasteiger partial charge on any atom is -0.353 e. The Morgan fingerprint density at radius 3 is 2.72 bits per heavy atom. The van der Waals surface area contributed by atoms with Crippen LogP contribution in [0.1, 0.15) is 44.9 Å². The van der Waals surface area contributed by atoms with Gasteiger partial charge in [0, 0.05) is 19.0 Å². The summed E-state index contributed by atoms with van der Waals surface area (Å²) in [6.07, 6.45) is 5.61. The lowest BCUT2D eigenvalue weighted by Gasteiger charge is -2.29. The minimum atomic E-state index is -0.832. The molecule has 2 rings (SSSR count). The third-order valence-electron chi connectivity index (χ3n) is 3.95. The van der Waals surface area contributed by atoms with E-state index in [1.165, 1.54) is 0 Å². The average molecular weight is 249 g/mol. The SMILES string of the molecule is N#CC1(C(=O)NCC2CCC(=O)N2)CCCCC1. The number of hydrogen-bond acceptors (Lipinski definition) is 3. The zero-order valence-electron chi connectivity index (χ0n) is 10.5. The first-order valence-corrected chi connectivity index (χ1v) is 6.65. The van der Waals surface area contributed by atoms with Gasteiger partial charge in [0.2, 0.25) is 11.8 Å². The summed E-state index contributed by atoms with van der Waals surface area (Å²) in [6, 6.07) is 2.23. The van der Waals surface area contributed by atoms with Crippen molar-refractivity contribution in [1.82, 2.24) is 10.6 Å².